The van der Waals surface area contributed by atoms with Crippen LogP contribution in [0.1, 0.15) is 25.7 Å². The van der Waals surface area contributed by atoms with Crippen LogP contribution in [0.4, 0.5) is 0 Å². The number of allylic oxidation sites excluding steroid dienone is 4. The van der Waals surface area contributed by atoms with Crippen molar-refractivity contribution in [2.75, 3.05) is 7.11 Å². The Bertz CT molecular complexity index is 440. The predicted octanol–water partition coefficient (Wildman–Crippen LogP) is 2.77. The van der Waals surface area contributed by atoms with E-state index in [2.05, 4.69) is 6.58 Å². The SMILES string of the molecule is C=C1CC2CC1C1=C2CC(C(=O)OC)=CC1. The van der Waals surface area contributed by atoms with Gasteiger partial charge in [0.15, 0.2) is 0 Å². The molecule has 2 atom stereocenters. The fourth-order valence-electron chi connectivity index (χ4n) is 3.46. The first-order valence-electron chi connectivity index (χ1n) is 5.87. The zero-order valence-electron chi connectivity index (χ0n) is 9.58. The highest BCUT2D eigenvalue weighted by molar-refractivity contribution is 5.89. The zero-order chi connectivity index (χ0) is 11.3. The second kappa shape index (κ2) is 3.34. The molecule has 0 N–H and O–H groups in total. The lowest BCUT2D eigenvalue weighted by Crippen LogP contribution is -2.14. The van der Waals surface area contributed by atoms with Gasteiger partial charge in [-0.05, 0) is 25.2 Å². The Kier molecular flexibility index (Phi) is 2.06. The van der Waals surface area contributed by atoms with Crippen molar-refractivity contribution in [3.8, 4) is 0 Å². The minimum Gasteiger partial charge on any atom is -0.466 e. The van der Waals surface area contributed by atoms with Crippen LogP contribution in [-0.4, -0.2) is 13.1 Å². The summed E-state index contributed by atoms with van der Waals surface area (Å²) in [7, 11) is 1.45. The average Bonchev–Trinajstić information content (AvgIpc) is 2.85. The first-order valence-corrected chi connectivity index (χ1v) is 5.87. The number of esters is 1. The molecule has 2 unspecified atom stereocenters. The summed E-state index contributed by atoms with van der Waals surface area (Å²) in [5.74, 6) is 1.13. The summed E-state index contributed by atoms with van der Waals surface area (Å²) < 4.78 is 4.79. The second-order valence-electron chi connectivity index (χ2n) is 5.00. The Labute approximate surface area is 95.7 Å². The average molecular weight is 216 g/mol. The number of ether oxygens (including phenoxy) is 1. The molecule has 0 aromatic rings. The molecule has 2 nitrogen and oxygen atoms in total. The quantitative estimate of drug-likeness (QED) is 0.497. The third-order valence-electron chi connectivity index (χ3n) is 4.24. The molecule has 3 rings (SSSR count). The number of carbonyl (C=O) groups is 1. The van der Waals surface area contributed by atoms with Crippen LogP contribution < -0.4 is 0 Å². The predicted molar refractivity (Wildman–Crippen MR) is 61.7 cm³/mol. The Morgan fingerprint density at radius 2 is 2.31 bits per heavy atom. The molecule has 0 radical (unpaired) electrons. The molecule has 2 heteroatoms. The first-order chi connectivity index (χ1) is 7.70. The highest BCUT2D eigenvalue weighted by Crippen LogP contribution is 2.55. The molecule has 0 aromatic heterocycles. The summed E-state index contributed by atoms with van der Waals surface area (Å²) in [5.41, 5.74) is 5.31. The van der Waals surface area contributed by atoms with Gasteiger partial charge in [0.1, 0.15) is 0 Å². The van der Waals surface area contributed by atoms with Crippen LogP contribution >= 0.6 is 0 Å². The molecule has 0 aromatic carbocycles. The van der Waals surface area contributed by atoms with Crippen LogP contribution in [0.25, 0.3) is 0 Å². The Morgan fingerprint density at radius 1 is 1.50 bits per heavy atom. The van der Waals surface area contributed by atoms with Gasteiger partial charge >= 0.3 is 5.97 Å². The minimum atomic E-state index is -0.159. The molecule has 0 aliphatic heterocycles. The van der Waals surface area contributed by atoms with Crippen molar-refractivity contribution in [1.82, 2.24) is 0 Å². The molecule has 0 amide bonds. The fraction of sp³-hybridized carbons (Fsp3) is 0.500. The van der Waals surface area contributed by atoms with E-state index in [1.807, 2.05) is 6.08 Å². The van der Waals surface area contributed by atoms with Crippen molar-refractivity contribution in [1.29, 1.82) is 0 Å². The maximum atomic E-state index is 11.5. The zero-order valence-corrected chi connectivity index (χ0v) is 9.58. The van der Waals surface area contributed by atoms with Gasteiger partial charge in [0.2, 0.25) is 0 Å². The molecule has 2 bridgehead atoms. The van der Waals surface area contributed by atoms with Crippen molar-refractivity contribution >= 4 is 5.97 Å². The highest BCUT2D eigenvalue weighted by atomic mass is 16.5. The van der Waals surface area contributed by atoms with E-state index in [0.717, 1.165) is 24.8 Å². The summed E-state index contributed by atoms with van der Waals surface area (Å²) >= 11 is 0. The third-order valence-corrected chi connectivity index (χ3v) is 4.24. The van der Waals surface area contributed by atoms with E-state index in [-0.39, 0.29) is 5.97 Å². The first kappa shape index (κ1) is 9.88. The van der Waals surface area contributed by atoms with Crippen LogP contribution in [0.2, 0.25) is 0 Å². The van der Waals surface area contributed by atoms with Crippen LogP contribution in [0.15, 0.2) is 34.9 Å². The molecule has 1 saturated carbocycles. The van der Waals surface area contributed by atoms with Gasteiger partial charge in [-0.2, -0.15) is 0 Å². The van der Waals surface area contributed by atoms with E-state index in [4.69, 9.17) is 4.74 Å². The molecule has 16 heavy (non-hydrogen) atoms. The summed E-state index contributed by atoms with van der Waals surface area (Å²) in [6.07, 6.45) is 6.17. The van der Waals surface area contributed by atoms with Gasteiger partial charge in [-0.3, -0.25) is 0 Å². The van der Waals surface area contributed by atoms with Crippen molar-refractivity contribution in [3.05, 3.63) is 34.9 Å². The number of fused-ring (bicyclic) bond motifs is 4. The molecule has 3 aliphatic rings. The molecule has 0 heterocycles. The second-order valence-corrected chi connectivity index (χ2v) is 5.00. The highest BCUT2D eigenvalue weighted by Gasteiger charge is 2.42. The van der Waals surface area contributed by atoms with Gasteiger partial charge in [0.05, 0.1) is 7.11 Å². The van der Waals surface area contributed by atoms with E-state index < -0.39 is 0 Å². The summed E-state index contributed by atoms with van der Waals surface area (Å²) in [6, 6.07) is 0. The van der Waals surface area contributed by atoms with Gasteiger partial charge in [-0.1, -0.05) is 29.4 Å². The summed E-state index contributed by atoms with van der Waals surface area (Å²) in [6.45, 7) is 4.15. The van der Waals surface area contributed by atoms with E-state index in [9.17, 15) is 4.79 Å². The lowest BCUT2D eigenvalue weighted by atomic mass is 9.81. The molecule has 0 spiro atoms. The summed E-state index contributed by atoms with van der Waals surface area (Å²) in [5, 5.41) is 0. The van der Waals surface area contributed by atoms with Gasteiger partial charge in [0, 0.05) is 17.9 Å². The van der Waals surface area contributed by atoms with E-state index >= 15 is 0 Å². The van der Waals surface area contributed by atoms with E-state index in [1.165, 1.54) is 24.7 Å². The standard InChI is InChI=1S/C14H16O2/c1-8-5-10-7-12(8)11-4-3-9(6-13(10)11)14(15)16-2/h3,10,12H,1,4-7H2,2H3. The van der Waals surface area contributed by atoms with E-state index in [1.54, 1.807) is 5.57 Å². The third kappa shape index (κ3) is 1.22. The lowest BCUT2D eigenvalue weighted by molar-refractivity contribution is -0.136. The maximum absolute atomic E-state index is 11.5. The largest absolute Gasteiger partial charge is 0.466 e. The van der Waals surface area contributed by atoms with Gasteiger partial charge in [-0.15, -0.1) is 0 Å². The van der Waals surface area contributed by atoms with Crippen LogP contribution in [0.5, 0.6) is 0 Å². The minimum absolute atomic E-state index is 0.159. The fourth-order valence-corrected chi connectivity index (χ4v) is 3.46. The monoisotopic (exact) mass is 216 g/mol. The number of hydrogen-bond donors (Lipinski definition) is 0. The van der Waals surface area contributed by atoms with E-state index in [0.29, 0.717) is 11.8 Å². The van der Waals surface area contributed by atoms with Crippen LogP contribution in [-0.2, 0) is 9.53 Å². The molecule has 0 saturated heterocycles. The number of hydrogen-bond acceptors (Lipinski definition) is 2. The maximum Gasteiger partial charge on any atom is 0.333 e. The number of methoxy groups -OCH3 is 1. The van der Waals surface area contributed by atoms with Gasteiger partial charge in [0.25, 0.3) is 0 Å². The van der Waals surface area contributed by atoms with Crippen molar-refractivity contribution in [2.24, 2.45) is 11.8 Å². The Morgan fingerprint density at radius 3 is 3.06 bits per heavy atom. The van der Waals surface area contributed by atoms with Crippen molar-refractivity contribution < 1.29 is 9.53 Å². The van der Waals surface area contributed by atoms with Crippen molar-refractivity contribution in [3.63, 3.8) is 0 Å². The lowest BCUT2D eigenvalue weighted by Gasteiger charge is -2.25. The van der Waals surface area contributed by atoms with Gasteiger partial charge in [-0.25, -0.2) is 4.79 Å². The number of carbonyl (C=O) groups excluding carboxylic acids is 1. The van der Waals surface area contributed by atoms with Crippen LogP contribution in [0, 0.1) is 11.8 Å². The Balaban J connectivity index is 1.86. The van der Waals surface area contributed by atoms with Gasteiger partial charge < -0.3 is 4.74 Å². The normalized spacial score (nSPS) is 31.6. The number of rotatable bonds is 1. The molecule has 1 fully saturated rings. The smallest absolute Gasteiger partial charge is 0.333 e. The van der Waals surface area contributed by atoms with Crippen LogP contribution in [0.3, 0.4) is 0 Å². The van der Waals surface area contributed by atoms with Crippen molar-refractivity contribution in [2.45, 2.75) is 25.7 Å². The summed E-state index contributed by atoms with van der Waals surface area (Å²) in [4.78, 5) is 11.5. The topological polar surface area (TPSA) is 26.3 Å². The molecular weight excluding hydrogens is 200 g/mol. The molecular formula is C14H16O2. The molecule has 84 valence electrons. The Hall–Kier alpha value is -1.31. The molecule has 3 aliphatic carbocycles.